The number of anilines is 1. The molecule has 0 saturated heterocycles. The van der Waals surface area contributed by atoms with Crippen LogP contribution in [0.25, 0.3) is 0 Å². The van der Waals surface area contributed by atoms with E-state index < -0.39 is 10.0 Å². The first kappa shape index (κ1) is 25.2. The summed E-state index contributed by atoms with van der Waals surface area (Å²) >= 11 is 2.19. The van der Waals surface area contributed by atoms with Crippen molar-refractivity contribution >= 4 is 44.1 Å². The first-order chi connectivity index (χ1) is 15.6. The number of halogens is 1. The standard InChI is InChI=1S/C25H26INO5S/c1-17-4-6-20(15-28)21(12-17)16-32-25-14-18(5-11-23(25)27(2)33(3,30)31)13-24(29)19-7-9-22(26)10-8-19/h4-12,14,28H,13,15-16H2,1-3H3. The predicted octanol–water partition coefficient (Wildman–Crippen LogP) is 4.49. The Balaban J connectivity index is 1.92. The van der Waals surface area contributed by atoms with Gasteiger partial charge < -0.3 is 9.84 Å². The molecule has 0 saturated carbocycles. The molecule has 0 heterocycles. The molecule has 0 amide bonds. The van der Waals surface area contributed by atoms with Crippen LogP contribution in [-0.2, 0) is 29.7 Å². The summed E-state index contributed by atoms with van der Waals surface area (Å²) in [7, 11) is -2.06. The van der Waals surface area contributed by atoms with Gasteiger partial charge in [0, 0.05) is 22.6 Å². The summed E-state index contributed by atoms with van der Waals surface area (Å²) in [5.74, 6) is 0.309. The third-order valence-electron chi connectivity index (χ3n) is 5.31. The third-order valence-corrected chi connectivity index (χ3v) is 7.22. The Bertz CT molecular complexity index is 1260. The van der Waals surface area contributed by atoms with E-state index in [2.05, 4.69) is 22.6 Å². The zero-order chi connectivity index (χ0) is 24.2. The Morgan fingerprint density at radius 2 is 1.73 bits per heavy atom. The maximum atomic E-state index is 12.7. The van der Waals surface area contributed by atoms with Crippen LogP contribution < -0.4 is 9.04 Å². The number of carbonyl (C=O) groups excluding carboxylic acids is 1. The van der Waals surface area contributed by atoms with Crippen LogP contribution in [0, 0.1) is 10.5 Å². The van der Waals surface area contributed by atoms with Gasteiger partial charge in [-0.3, -0.25) is 9.10 Å². The highest BCUT2D eigenvalue weighted by atomic mass is 127. The van der Waals surface area contributed by atoms with Crippen molar-refractivity contribution in [1.29, 1.82) is 0 Å². The number of ketones is 1. The van der Waals surface area contributed by atoms with Gasteiger partial charge >= 0.3 is 0 Å². The summed E-state index contributed by atoms with van der Waals surface area (Å²) < 4.78 is 32.6. The Kier molecular flexibility index (Phi) is 8.14. The lowest BCUT2D eigenvalue weighted by atomic mass is 10.0. The van der Waals surface area contributed by atoms with Crippen LogP contribution in [-0.4, -0.2) is 32.6 Å². The fraction of sp³-hybridized carbons (Fsp3) is 0.240. The number of ether oxygens (including phenoxy) is 1. The van der Waals surface area contributed by atoms with Gasteiger partial charge in [0.2, 0.25) is 10.0 Å². The summed E-state index contributed by atoms with van der Waals surface area (Å²) in [6.07, 6.45) is 1.28. The molecule has 0 fully saturated rings. The molecule has 0 aromatic heterocycles. The smallest absolute Gasteiger partial charge is 0.232 e. The van der Waals surface area contributed by atoms with Crippen molar-refractivity contribution in [3.05, 3.63) is 92.1 Å². The molecule has 6 nitrogen and oxygen atoms in total. The molecule has 3 rings (SSSR count). The van der Waals surface area contributed by atoms with E-state index in [9.17, 15) is 18.3 Å². The molecule has 1 N–H and O–H groups in total. The highest BCUT2D eigenvalue weighted by Crippen LogP contribution is 2.32. The number of hydrogen-bond donors (Lipinski definition) is 1. The second kappa shape index (κ2) is 10.7. The van der Waals surface area contributed by atoms with Crippen LogP contribution in [0.1, 0.15) is 32.6 Å². The lowest BCUT2D eigenvalue weighted by Gasteiger charge is -2.21. The first-order valence-electron chi connectivity index (χ1n) is 10.3. The summed E-state index contributed by atoms with van der Waals surface area (Å²) in [6, 6.07) is 18.1. The quantitative estimate of drug-likeness (QED) is 0.299. The van der Waals surface area contributed by atoms with E-state index in [1.165, 1.54) is 7.05 Å². The Morgan fingerprint density at radius 1 is 1.03 bits per heavy atom. The fourth-order valence-electron chi connectivity index (χ4n) is 3.34. The SMILES string of the molecule is Cc1ccc(CO)c(COc2cc(CC(=O)c3ccc(I)cc3)ccc2N(C)S(C)(=O)=O)c1. The van der Waals surface area contributed by atoms with Crippen molar-refractivity contribution in [1.82, 2.24) is 0 Å². The minimum absolute atomic E-state index is 0.0391. The zero-order valence-electron chi connectivity index (χ0n) is 18.7. The number of sulfonamides is 1. The number of rotatable bonds is 9. The van der Waals surface area contributed by atoms with E-state index in [1.807, 2.05) is 37.3 Å². The molecule has 0 aliphatic carbocycles. The number of aryl methyl sites for hydroxylation is 1. The number of hydrogen-bond acceptors (Lipinski definition) is 5. The van der Waals surface area contributed by atoms with Crippen molar-refractivity contribution in [2.24, 2.45) is 0 Å². The summed E-state index contributed by atoms with van der Waals surface area (Å²) in [6.45, 7) is 1.97. The minimum atomic E-state index is -3.52. The molecular weight excluding hydrogens is 553 g/mol. The molecule has 0 atom stereocenters. The van der Waals surface area contributed by atoms with Crippen molar-refractivity contribution in [3.63, 3.8) is 0 Å². The number of aliphatic hydroxyl groups excluding tert-OH is 1. The maximum Gasteiger partial charge on any atom is 0.232 e. The van der Waals surface area contributed by atoms with E-state index in [4.69, 9.17) is 4.74 Å². The van der Waals surface area contributed by atoms with Gasteiger partial charge in [-0.15, -0.1) is 0 Å². The molecule has 0 radical (unpaired) electrons. The molecule has 33 heavy (non-hydrogen) atoms. The lowest BCUT2D eigenvalue weighted by molar-refractivity contribution is 0.0993. The number of aliphatic hydroxyl groups is 1. The third kappa shape index (κ3) is 6.55. The topological polar surface area (TPSA) is 83.9 Å². The molecule has 0 spiro atoms. The van der Waals surface area contributed by atoms with Crippen LogP contribution in [0.15, 0.2) is 60.7 Å². The molecule has 8 heteroatoms. The molecular formula is C25H26INO5S. The second-order valence-electron chi connectivity index (χ2n) is 7.86. The van der Waals surface area contributed by atoms with Gasteiger partial charge in [-0.25, -0.2) is 8.42 Å². The van der Waals surface area contributed by atoms with Crippen molar-refractivity contribution < 1.29 is 23.1 Å². The molecule has 3 aromatic rings. The first-order valence-corrected chi connectivity index (χ1v) is 13.2. The molecule has 0 unspecified atom stereocenters. The maximum absolute atomic E-state index is 12.7. The number of nitrogens with zero attached hydrogens (tertiary/aromatic N) is 1. The largest absolute Gasteiger partial charge is 0.487 e. The van der Waals surface area contributed by atoms with E-state index in [-0.39, 0.29) is 25.4 Å². The van der Waals surface area contributed by atoms with Crippen LogP contribution in [0.2, 0.25) is 0 Å². The molecule has 3 aromatic carbocycles. The van der Waals surface area contributed by atoms with Gasteiger partial charge in [-0.2, -0.15) is 0 Å². The minimum Gasteiger partial charge on any atom is -0.487 e. The zero-order valence-corrected chi connectivity index (χ0v) is 21.7. The molecule has 174 valence electrons. The summed E-state index contributed by atoms with van der Waals surface area (Å²) in [5, 5.41) is 9.64. The van der Waals surface area contributed by atoms with E-state index in [1.54, 1.807) is 30.3 Å². The van der Waals surface area contributed by atoms with Crippen molar-refractivity contribution in [3.8, 4) is 5.75 Å². The van der Waals surface area contributed by atoms with Crippen LogP contribution in [0.3, 0.4) is 0 Å². The molecule has 0 aliphatic heterocycles. The second-order valence-corrected chi connectivity index (χ2v) is 11.1. The number of benzene rings is 3. The van der Waals surface area contributed by atoms with Crippen LogP contribution in [0.4, 0.5) is 5.69 Å². The van der Waals surface area contributed by atoms with E-state index >= 15 is 0 Å². The monoisotopic (exact) mass is 579 g/mol. The predicted molar refractivity (Wildman–Crippen MR) is 138 cm³/mol. The van der Waals surface area contributed by atoms with Gasteiger partial charge in [-0.1, -0.05) is 42.0 Å². The van der Waals surface area contributed by atoms with Crippen LogP contribution >= 0.6 is 22.6 Å². The average Bonchev–Trinajstić information content (AvgIpc) is 2.77. The van der Waals surface area contributed by atoms with Gasteiger partial charge in [0.1, 0.15) is 12.4 Å². The Morgan fingerprint density at radius 3 is 2.36 bits per heavy atom. The highest BCUT2D eigenvalue weighted by Gasteiger charge is 2.19. The summed E-state index contributed by atoms with van der Waals surface area (Å²) in [4.78, 5) is 12.7. The van der Waals surface area contributed by atoms with Crippen LogP contribution in [0.5, 0.6) is 5.75 Å². The van der Waals surface area contributed by atoms with E-state index in [0.29, 0.717) is 22.6 Å². The van der Waals surface area contributed by atoms with E-state index in [0.717, 1.165) is 30.8 Å². The number of Topliss-reactive ketones (excluding diaryl/α,β-unsaturated/α-hetero) is 1. The lowest BCUT2D eigenvalue weighted by Crippen LogP contribution is -2.25. The number of carbonyl (C=O) groups is 1. The summed E-state index contributed by atoms with van der Waals surface area (Å²) in [5.41, 5.74) is 4.28. The molecule has 0 bridgehead atoms. The Labute approximate surface area is 208 Å². The molecule has 0 aliphatic rings. The van der Waals surface area contributed by atoms with Gasteiger partial charge in [0.15, 0.2) is 5.78 Å². The van der Waals surface area contributed by atoms with Crippen molar-refractivity contribution in [2.45, 2.75) is 26.6 Å². The van der Waals surface area contributed by atoms with Crippen molar-refractivity contribution in [2.75, 3.05) is 17.6 Å². The normalized spacial score (nSPS) is 11.3. The fourth-order valence-corrected chi connectivity index (χ4v) is 4.21. The average molecular weight is 579 g/mol. The Hall–Kier alpha value is -2.43. The van der Waals surface area contributed by atoms with Gasteiger partial charge in [0.05, 0.1) is 18.6 Å². The highest BCUT2D eigenvalue weighted by molar-refractivity contribution is 14.1. The van der Waals surface area contributed by atoms with Gasteiger partial charge in [0.25, 0.3) is 0 Å². The van der Waals surface area contributed by atoms with Gasteiger partial charge in [-0.05, 0) is 70.5 Å².